The lowest BCUT2D eigenvalue weighted by Gasteiger charge is -2.26. The summed E-state index contributed by atoms with van der Waals surface area (Å²) in [5.41, 5.74) is 1.05. The number of methoxy groups -OCH3 is 1. The third-order valence-corrected chi connectivity index (χ3v) is 5.70. The fourth-order valence-electron chi connectivity index (χ4n) is 3.63. The van der Waals surface area contributed by atoms with Crippen LogP contribution in [0.15, 0.2) is 48.0 Å². The van der Waals surface area contributed by atoms with Crippen molar-refractivity contribution in [2.45, 2.75) is 12.5 Å². The molecule has 0 radical (unpaired) electrons. The predicted molar refractivity (Wildman–Crippen MR) is 122 cm³/mol. The van der Waals surface area contributed by atoms with E-state index in [9.17, 15) is 14.7 Å². The molecule has 2 aromatic rings. The monoisotopic (exact) mass is 462 g/mol. The smallest absolute Gasteiger partial charge is 0.295 e. The fraction of sp³-hybridized carbons (Fsp3) is 0.304. The average Bonchev–Trinajstić information content (AvgIpc) is 2.98. The van der Waals surface area contributed by atoms with Gasteiger partial charge < -0.3 is 19.6 Å². The third kappa shape index (κ3) is 4.87. The first-order valence-corrected chi connectivity index (χ1v) is 10.5. The Morgan fingerprint density at radius 1 is 1.13 bits per heavy atom. The van der Waals surface area contributed by atoms with E-state index in [1.165, 1.54) is 18.1 Å². The number of ketones is 1. The number of hydrogen-bond acceptors (Lipinski definition) is 5. The van der Waals surface area contributed by atoms with Gasteiger partial charge in [0.15, 0.2) is 0 Å². The molecule has 1 atom stereocenters. The molecule has 1 heterocycles. The van der Waals surface area contributed by atoms with Gasteiger partial charge in [0, 0.05) is 17.1 Å². The lowest BCUT2D eigenvalue weighted by molar-refractivity contribution is -0.139. The van der Waals surface area contributed by atoms with Crippen LogP contribution in [-0.2, 0) is 9.59 Å². The van der Waals surface area contributed by atoms with E-state index in [1.54, 1.807) is 36.4 Å². The predicted octanol–water partition coefficient (Wildman–Crippen LogP) is 4.38. The topological polar surface area (TPSA) is 70.1 Å². The van der Waals surface area contributed by atoms with Gasteiger partial charge in [0.2, 0.25) is 0 Å². The van der Waals surface area contributed by atoms with Crippen molar-refractivity contribution >= 4 is 40.7 Å². The van der Waals surface area contributed by atoms with Crippen LogP contribution in [0.4, 0.5) is 0 Å². The summed E-state index contributed by atoms with van der Waals surface area (Å²) in [7, 11) is 5.37. The van der Waals surface area contributed by atoms with Gasteiger partial charge in [-0.15, -0.1) is 0 Å². The van der Waals surface area contributed by atoms with Gasteiger partial charge in [0.05, 0.1) is 23.7 Å². The molecule has 0 bridgehead atoms. The molecule has 1 aliphatic heterocycles. The molecule has 0 aromatic heterocycles. The van der Waals surface area contributed by atoms with E-state index in [1.807, 2.05) is 19.0 Å². The highest BCUT2D eigenvalue weighted by atomic mass is 35.5. The van der Waals surface area contributed by atoms with Crippen LogP contribution in [0.25, 0.3) is 5.76 Å². The zero-order valence-electron chi connectivity index (χ0n) is 17.6. The first-order valence-electron chi connectivity index (χ1n) is 9.77. The first kappa shape index (κ1) is 23.1. The SMILES string of the molecule is COc1ccc(C(O)=C2C(=O)C(=O)N(CCCN(C)C)[C@H]2c2ccc(Cl)cc2)cc1Cl. The van der Waals surface area contributed by atoms with E-state index in [2.05, 4.69) is 0 Å². The number of aliphatic hydroxyl groups is 1. The molecule has 164 valence electrons. The molecule has 2 aromatic carbocycles. The molecular weight excluding hydrogens is 439 g/mol. The van der Waals surface area contributed by atoms with Crippen molar-refractivity contribution in [3.8, 4) is 5.75 Å². The second-order valence-electron chi connectivity index (χ2n) is 7.55. The minimum absolute atomic E-state index is 0.0263. The average molecular weight is 463 g/mol. The molecule has 1 amide bonds. The fourth-order valence-corrected chi connectivity index (χ4v) is 4.01. The molecule has 0 spiro atoms. The van der Waals surface area contributed by atoms with Crippen LogP contribution >= 0.6 is 23.2 Å². The number of benzene rings is 2. The number of nitrogens with zero attached hydrogens (tertiary/aromatic N) is 2. The van der Waals surface area contributed by atoms with Crippen molar-refractivity contribution < 1.29 is 19.4 Å². The van der Waals surface area contributed by atoms with E-state index in [0.717, 1.165) is 6.54 Å². The standard InChI is InChI=1S/C23H24Cl2N2O4/c1-26(2)11-4-12-27-20(14-5-8-16(24)9-6-14)19(22(29)23(27)30)21(28)15-7-10-18(31-3)17(25)13-15/h5-10,13,20,28H,4,11-12H2,1-3H3/t20-/m0/s1. The number of carbonyl (C=O) groups is 2. The van der Waals surface area contributed by atoms with E-state index < -0.39 is 17.7 Å². The number of halogens is 2. The highest BCUT2D eigenvalue weighted by Gasteiger charge is 2.45. The maximum atomic E-state index is 13.0. The normalized spacial score (nSPS) is 18.1. The second kappa shape index (κ2) is 9.73. The maximum absolute atomic E-state index is 13.0. The van der Waals surface area contributed by atoms with Crippen molar-refractivity contribution in [1.82, 2.24) is 9.80 Å². The number of ether oxygens (including phenoxy) is 1. The second-order valence-corrected chi connectivity index (χ2v) is 8.39. The molecule has 1 aliphatic rings. The molecule has 8 heteroatoms. The van der Waals surface area contributed by atoms with Gasteiger partial charge in [-0.3, -0.25) is 9.59 Å². The van der Waals surface area contributed by atoms with Crippen LogP contribution < -0.4 is 4.74 Å². The molecule has 31 heavy (non-hydrogen) atoms. The van der Waals surface area contributed by atoms with E-state index in [4.69, 9.17) is 27.9 Å². The van der Waals surface area contributed by atoms with Crippen LogP contribution in [0.5, 0.6) is 5.75 Å². The van der Waals surface area contributed by atoms with Crippen LogP contribution in [0.1, 0.15) is 23.6 Å². The Morgan fingerprint density at radius 3 is 2.39 bits per heavy atom. The quantitative estimate of drug-likeness (QED) is 0.375. The van der Waals surface area contributed by atoms with Crippen LogP contribution in [0.3, 0.4) is 0 Å². The highest BCUT2D eigenvalue weighted by Crippen LogP contribution is 2.40. The molecule has 1 fully saturated rings. The molecule has 0 saturated carbocycles. The lowest BCUT2D eigenvalue weighted by Crippen LogP contribution is -2.32. The number of carbonyl (C=O) groups excluding carboxylic acids is 2. The Balaban J connectivity index is 2.10. The lowest BCUT2D eigenvalue weighted by atomic mass is 9.95. The highest BCUT2D eigenvalue weighted by molar-refractivity contribution is 6.46. The molecule has 3 rings (SSSR count). The number of aliphatic hydroxyl groups excluding tert-OH is 1. The summed E-state index contributed by atoms with van der Waals surface area (Å²) in [6.07, 6.45) is 0.679. The van der Waals surface area contributed by atoms with Gasteiger partial charge in [-0.25, -0.2) is 0 Å². The van der Waals surface area contributed by atoms with Gasteiger partial charge >= 0.3 is 0 Å². The van der Waals surface area contributed by atoms with Crippen LogP contribution in [0.2, 0.25) is 10.0 Å². The van der Waals surface area contributed by atoms with Crippen molar-refractivity contribution in [3.05, 3.63) is 69.2 Å². The summed E-state index contributed by atoms with van der Waals surface area (Å²) >= 11 is 12.2. The third-order valence-electron chi connectivity index (χ3n) is 5.16. The molecule has 6 nitrogen and oxygen atoms in total. The van der Waals surface area contributed by atoms with Crippen LogP contribution in [0, 0.1) is 0 Å². The van der Waals surface area contributed by atoms with Gasteiger partial charge in [0.1, 0.15) is 11.5 Å². The number of rotatable bonds is 7. The van der Waals surface area contributed by atoms with Crippen LogP contribution in [-0.4, -0.2) is 60.9 Å². The van der Waals surface area contributed by atoms with Crippen molar-refractivity contribution in [2.75, 3.05) is 34.3 Å². The Labute approximate surface area is 191 Å². The zero-order valence-corrected chi connectivity index (χ0v) is 19.1. The largest absolute Gasteiger partial charge is 0.507 e. The van der Waals surface area contributed by atoms with Crippen molar-refractivity contribution in [3.63, 3.8) is 0 Å². The Hall–Kier alpha value is -2.54. The van der Waals surface area contributed by atoms with Gasteiger partial charge in [-0.2, -0.15) is 0 Å². The van der Waals surface area contributed by atoms with Gasteiger partial charge in [0.25, 0.3) is 11.7 Å². The van der Waals surface area contributed by atoms with Gasteiger partial charge in [-0.1, -0.05) is 35.3 Å². The van der Waals surface area contributed by atoms with Gasteiger partial charge in [-0.05, 0) is 63.0 Å². The molecule has 1 N–H and O–H groups in total. The number of amides is 1. The summed E-state index contributed by atoms with van der Waals surface area (Å²) in [6, 6.07) is 10.9. The summed E-state index contributed by atoms with van der Waals surface area (Å²) in [5.74, 6) is -1.20. The Morgan fingerprint density at radius 2 is 1.81 bits per heavy atom. The summed E-state index contributed by atoms with van der Waals surface area (Å²) in [4.78, 5) is 29.4. The Kier molecular flexibility index (Phi) is 7.26. The molecule has 1 saturated heterocycles. The summed E-state index contributed by atoms with van der Waals surface area (Å²) in [6.45, 7) is 1.13. The minimum atomic E-state index is -0.728. The van der Waals surface area contributed by atoms with E-state index >= 15 is 0 Å². The molecule has 0 unspecified atom stereocenters. The molecule has 0 aliphatic carbocycles. The maximum Gasteiger partial charge on any atom is 0.295 e. The van der Waals surface area contributed by atoms with Crippen molar-refractivity contribution in [2.24, 2.45) is 0 Å². The van der Waals surface area contributed by atoms with E-state index in [-0.39, 0.29) is 16.4 Å². The minimum Gasteiger partial charge on any atom is -0.507 e. The van der Waals surface area contributed by atoms with E-state index in [0.29, 0.717) is 34.9 Å². The number of likely N-dealkylation sites (tertiary alicyclic amines) is 1. The molecular formula is C23H24Cl2N2O4. The Bertz CT molecular complexity index is 1020. The number of hydrogen-bond donors (Lipinski definition) is 1. The summed E-state index contributed by atoms with van der Waals surface area (Å²) < 4.78 is 5.15. The number of Topliss-reactive ketones (excluding diaryl/α,β-unsaturated/α-hetero) is 1. The summed E-state index contributed by atoms with van der Waals surface area (Å²) in [5, 5.41) is 11.9. The zero-order chi connectivity index (χ0) is 22.7. The first-order chi connectivity index (χ1) is 14.7. The van der Waals surface area contributed by atoms with Crippen molar-refractivity contribution in [1.29, 1.82) is 0 Å².